The van der Waals surface area contributed by atoms with E-state index in [4.69, 9.17) is 19.9 Å². The first kappa shape index (κ1) is 23.8. The molecule has 2 aromatic heterocycles. The van der Waals surface area contributed by atoms with Gasteiger partial charge in [0.05, 0.1) is 18.1 Å². The van der Waals surface area contributed by atoms with Crippen molar-refractivity contribution < 1.29 is 18.7 Å². The highest BCUT2D eigenvalue weighted by molar-refractivity contribution is 5.99. The van der Waals surface area contributed by atoms with Gasteiger partial charge < -0.3 is 24.8 Å². The third-order valence-corrected chi connectivity index (χ3v) is 6.11. The zero-order chi connectivity index (χ0) is 26.1. The molecule has 37 heavy (non-hydrogen) atoms. The summed E-state index contributed by atoms with van der Waals surface area (Å²) in [6.07, 6.45) is 0.717. The van der Waals surface area contributed by atoms with E-state index in [1.165, 1.54) is 13.0 Å². The Kier molecular flexibility index (Phi) is 6.19. The number of aromatic nitrogens is 2. The number of carbonyl (C=O) groups excluding carboxylic acids is 2. The number of hydrogen-bond acceptors (Lipinski definition) is 6. The van der Waals surface area contributed by atoms with Crippen LogP contribution in [-0.2, 0) is 17.8 Å². The monoisotopic (exact) mass is 496 g/mol. The van der Waals surface area contributed by atoms with Crippen molar-refractivity contribution >= 4 is 39.5 Å². The summed E-state index contributed by atoms with van der Waals surface area (Å²) in [5.41, 5.74) is 8.77. The van der Waals surface area contributed by atoms with Gasteiger partial charge in [-0.2, -0.15) is 0 Å². The van der Waals surface area contributed by atoms with Crippen LogP contribution in [0.4, 0.5) is 5.69 Å². The Morgan fingerprint density at radius 2 is 1.78 bits per heavy atom. The molecule has 0 spiro atoms. The average Bonchev–Trinajstić information content (AvgIpc) is 3.23. The van der Waals surface area contributed by atoms with Crippen molar-refractivity contribution in [3.63, 3.8) is 0 Å². The SMILES string of the molecule is COc1ccc(CCn2c(-c3ccc(NC(C)=O)cc3)nc3cc4cc(C(N)=O)c(=O)oc4cc32)cc1. The Morgan fingerprint density at radius 3 is 2.43 bits per heavy atom. The van der Waals surface area contributed by atoms with Crippen LogP contribution in [0.2, 0.25) is 0 Å². The fourth-order valence-corrected chi connectivity index (χ4v) is 4.30. The first-order chi connectivity index (χ1) is 17.8. The molecule has 9 heteroatoms. The number of fused-ring (bicyclic) bond motifs is 2. The van der Waals surface area contributed by atoms with E-state index in [9.17, 15) is 14.4 Å². The number of primary amides is 1. The molecule has 0 aliphatic heterocycles. The van der Waals surface area contributed by atoms with Gasteiger partial charge in [0.15, 0.2) is 0 Å². The van der Waals surface area contributed by atoms with Crippen LogP contribution < -0.4 is 21.4 Å². The van der Waals surface area contributed by atoms with Gasteiger partial charge in [-0.3, -0.25) is 9.59 Å². The summed E-state index contributed by atoms with van der Waals surface area (Å²) in [5, 5.41) is 3.32. The number of ether oxygens (including phenoxy) is 1. The molecule has 5 rings (SSSR count). The van der Waals surface area contributed by atoms with Crippen LogP contribution >= 0.6 is 0 Å². The van der Waals surface area contributed by atoms with Gasteiger partial charge in [0.1, 0.15) is 22.7 Å². The van der Waals surface area contributed by atoms with Crippen molar-refractivity contribution in [1.29, 1.82) is 0 Å². The molecule has 0 saturated carbocycles. The lowest BCUT2D eigenvalue weighted by Crippen LogP contribution is -2.20. The number of nitrogens with two attached hydrogens (primary N) is 1. The van der Waals surface area contributed by atoms with Crippen LogP contribution in [0.25, 0.3) is 33.4 Å². The number of benzene rings is 3. The van der Waals surface area contributed by atoms with Gasteiger partial charge in [-0.25, -0.2) is 9.78 Å². The molecule has 0 atom stereocenters. The quantitative estimate of drug-likeness (QED) is 0.326. The maximum Gasteiger partial charge on any atom is 0.349 e. The van der Waals surface area contributed by atoms with Crippen LogP contribution in [-0.4, -0.2) is 28.5 Å². The molecule has 5 aromatic rings. The second-order valence-electron chi connectivity index (χ2n) is 8.63. The summed E-state index contributed by atoms with van der Waals surface area (Å²) in [7, 11) is 1.63. The highest BCUT2D eigenvalue weighted by Gasteiger charge is 2.17. The van der Waals surface area contributed by atoms with Crippen molar-refractivity contribution in [2.45, 2.75) is 19.9 Å². The van der Waals surface area contributed by atoms with E-state index in [1.807, 2.05) is 48.5 Å². The molecule has 0 aliphatic rings. The van der Waals surface area contributed by atoms with Crippen molar-refractivity contribution in [3.8, 4) is 17.1 Å². The Hall–Kier alpha value is -4.92. The summed E-state index contributed by atoms with van der Waals surface area (Å²) in [6, 6.07) is 20.2. The molecule has 0 bridgehead atoms. The van der Waals surface area contributed by atoms with Gasteiger partial charge in [0.2, 0.25) is 5.91 Å². The highest BCUT2D eigenvalue weighted by atomic mass is 16.5. The van der Waals surface area contributed by atoms with Crippen molar-refractivity contribution in [2.24, 2.45) is 5.73 Å². The third-order valence-electron chi connectivity index (χ3n) is 6.11. The van der Waals surface area contributed by atoms with Crippen molar-refractivity contribution in [2.75, 3.05) is 12.4 Å². The number of carbonyl (C=O) groups is 2. The second kappa shape index (κ2) is 9.62. The van der Waals surface area contributed by atoms with E-state index in [0.717, 1.165) is 28.8 Å². The smallest absolute Gasteiger partial charge is 0.349 e. The molecule has 2 amide bonds. The van der Waals surface area contributed by atoms with Gasteiger partial charge in [-0.05, 0) is 60.5 Å². The molecule has 0 saturated heterocycles. The van der Waals surface area contributed by atoms with E-state index in [1.54, 1.807) is 19.2 Å². The van der Waals surface area contributed by atoms with E-state index in [2.05, 4.69) is 9.88 Å². The Balaban J connectivity index is 1.62. The number of anilines is 1. The third kappa shape index (κ3) is 4.79. The van der Waals surface area contributed by atoms with Gasteiger partial charge >= 0.3 is 5.63 Å². The predicted octanol–water partition coefficient (Wildman–Crippen LogP) is 4.12. The molecule has 2 heterocycles. The zero-order valence-corrected chi connectivity index (χ0v) is 20.3. The van der Waals surface area contributed by atoms with Crippen molar-refractivity contribution in [1.82, 2.24) is 9.55 Å². The number of aryl methyl sites for hydroxylation is 2. The molecule has 0 aliphatic carbocycles. The number of hydrogen-bond donors (Lipinski definition) is 2. The Labute approximate surface area is 211 Å². The number of methoxy groups -OCH3 is 1. The van der Waals surface area contributed by atoms with Crippen LogP contribution in [0.5, 0.6) is 5.75 Å². The topological polar surface area (TPSA) is 129 Å². The minimum atomic E-state index is -0.847. The molecular formula is C28H24N4O5. The lowest BCUT2D eigenvalue weighted by molar-refractivity contribution is -0.114. The molecular weight excluding hydrogens is 472 g/mol. The molecule has 0 fully saturated rings. The lowest BCUT2D eigenvalue weighted by atomic mass is 10.1. The standard InChI is InChI=1S/C28H24N4O5/c1-16(33)30-20-7-5-18(6-8-20)27-31-23-14-19-13-22(26(29)34)28(35)37-25(19)15-24(23)32(27)12-11-17-3-9-21(36-2)10-4-17/h3-10,13-15H,11-12H2,1-2H3,(H2,29,34)(H,30,33). The van der Waals surface area contributed by atoms with E-state index in [-0.39, 0.29) is 11.5 Å². The molecule has 0 radical (unpaired) electrons. The van der Waals surface area contributed by atoms with Crippen LogP contribution in [0.3, 0.4) is 0 Å². The van der Waals surface area contributed by atoms with Crippen LogP contribution in [0.15, 0.2) is 75.9 Å². The normalized spacial score (nSPS) is 11.1. The van der Waals surface area contributed by atoms with Crippen molar-refractivity contribution in [3.05, 3.63) is 88.3 Å². The predicted molar refractivity (Wildman–Crippen MR) is 141 cm³/mol. The Morgan fingerprint density at radius 1 is 1.05 bits per heavy atom. The summed E-state index contributed by atoms with van der Waals surface area (Å²) in [5.74, 6) is 0.503. The number of imidazole rings is 1. The minimum absolute atomic E-state index is 0.150. The largest absolute Gasteiger partial charge is 0.497 e. The highest BCUT2D eigenvalue weighted by Crippen LogP contribution is 2.30. The maximum atomic E-state index is 12.3. The number of amides is 2. The second-order valence-corrected chi connectivity index (χ2v) is 8.63. The van der Waals surface area contributed by atoms with E-state index < -0.39 is 11.5 Å². The zero-order valence-electron chi connectivity index (χ0n) is 20.3. The van der Waals surface area contributed by atoms with Crippen LogP contribution in [0, 0.1) is 0 Å². The van der Waals surface area contributed by atoms with Gasteiger partial charge in [0, 0.05) is 36.2 Å². The summed E-state index contributed by atoms with van der Waals surface area (Å²) in [4.78, 5) is 40.2. The first-order valence-electron chi connectivity index (χ1n) is 11.6. The maximum absolute atomic E-state index is 12.3. The van der Waals surface area contributed by atoms with Gasteiger partial charge in [-0.15, -0.1) is 0 Å². The molecule has 9 nitrogen and oxygen atoms in total. The van der Waals surface area contributed by atoms with Gasteiger partial charge in [0.25, 0.3) is 5.91 Å². The molecule has 3 N–H and O–H groups in total. The van der Waals surface area contributed by atoms with Crippen LogP contribution in [0.1, 0.15) is 22.8 Å². The lowest BCUT2D eigenvalue weighted by Gasteiger charge is -2.11. The molecule has 0 unspecified atom stereocenters. The summed E-state index contributed by atoms with van der Waals surface area (Å²) in [6.45, 7) is 2.06. The molecule has 186 valence electrons. The number of nitrogens with zero attached hydrogens (tertiary/aromatic N) is 2. The Bertz CT molecular complexity index is 1700. The average molecular weight is 497 g/mol. The molecule has 3 aromatic carbocycles. The minimum Gasteiger partial charge on any atom is -0.497 e. The number of nitrogens with one attached hydrogen (secondary N) is 1. The summed E-state index contributed by atoms with van der Waals surface area (Å²) >= 11 is 0. The fraction of sp³-hybridized carbons (Fsp3) is 0.143. The fourth-order valence-electron chi connectivity index (χ4n) is 4.30. The van der Waals surface area contributed by atoms with E-state index in [0.29, 0.717) is 34.5 Å². The number of rotatable bonds is 7. The van der Waals surface area contributed by atoms with E-state index >= 15 is 0 Å². The first-order valence-corrected chi connectivity index (χ1v) is 11.6. The van der Waals surface area contributed by atoms with Gasteiger partial charge in [-0.1, -0.05) is 12.1 Å². The summed E-state index contributed by atoms with van der Waals surface area (Å²) < 4.78 is 12.7.